The van der Waals surface area contributed by atoms with Crippen molar-refractivity contribution < 1.29 is 9.53 Å². The molecule has 3 heterocycles. The lowest BCUT2D eigenvalue weighted by Gasteiger charge is -2.47. The van der Waals surface area contributed by atoms with E-state index in [2.05, 4.69) is 21.8 Å². The van der Waals surface area contributed by atoms with Crippen LogP contribution in [0, 0.1) is 0 Å². The zero-order valence-corrected chi connectivity index (χ0v) is 14.8. The van der Waals surface area contributed by atoms with Gasteiger partial charge in [0.15, 0.2) is 0 Å². The van der Waals surface area contributed by atoms with Gasteiger partial charge in [-0.1, -0.05) is 0 Å². The number of rotatable bonds is 4. The number of carbonyl (C=O) groups excluding carboxylic acids is 1. The summed E-state index contributed by atoms with van der Waals surface area (Å²) in [6.07, 6.45) is 5.61. The van der Waals surface area contributed by atoms with E-state index in [0.717, 1.165) is 39.0 Å². The largest absolute Gasteiger partial charge is 0.371 e. The predicted octanol–water partition coefficient (Wildman–Crippen LogP) is 0.837. The molecule has 1 spiro atoms. The second kappa shape index (κ2) is 7.59. The second-order valence-electron chi connectivity index (χ2n) is 7.18. The van der Waals surface area contributed by atoms with E-state index in [0.29, 0.717) is 19.7 Å². The van der Waals surface area contributed by atoms with Gasteiger partial charge in [0.25, 0.3) is 0 Å². The van der Waals surface area contributed by atoms with Crippen LogP contribution in [0.1, 0.15) is 18.4 Å². The standard InChI is InChI=1S/C18H28N4O2/c1-20-9-5-18(6-10-20)15-22(11-12-24-18)17(23)14-21(2)13-16-3-7-19-8-4-16/h3-4,7-8H,5-6,9-15H2,1-2H3. The quantitative estimate of drug-likeness (QED) is 0.818. The topological polar surface area (TPSA) is 48.9 Å². The van der Waals surface area contributed by atoms with Crippen molar-refractivity contribution in [1.29, 1.82) is 0 Å². The summed E-state index contributed by atoms with van der Waals surface area (Å²) in [7, 11) is 4.14. The minimum Gasteiger partial charge on any atom is -0.371 e. The highest BCUT2D eigenvalue weighted by molar-refractivity contribution is 5.78. The highest BCUT2D eigenvalue weighted by Gasteiger charge is 2.40. The molecular weight excluding hydrogens is 304 g/mol. The van der Waals surface area contributed by atoms with Crippen LogP contribution in [-0.2, 0) is 16.1 Å². The summed E-state index contributed by atoms with van der Waals surface area (Å²) in [6.45, 7) is 5.40. The fraction of sp³-hybridized carbons (Fsp3) is 0.667. The van der Waals surface area contributed by atoms with Crippen molar-refractivity contribution in [2.24, 2.45) is 0 Å². The Kier molecular flexibility index (Phi) is 5.48. The van der Waals surface area contributed by atoms with Crippen molar-refractivity contribution >= 4 is 5.91 Å². The first-order valence-corrected chi connectivity index (χ1v) is 8.74. The first kappa shape index (κ1) is 17.3. The Morgan fingerprint density at radius 3 is 2.71 bits per heavy atom. The number of aromatic nitrogens is 1. The molecule has 1 aromatic heterocycles. The van der Waals surface area contributed by atoms with Crippen molar-refractivity contribution in [3.05, 3.63) is 30.1 Å². The lowest BCUT2D eigenvalue weighted by molar-refractivity contribution is -0.159. The molecule has 6 heteroatoms. The highest BCUT2D eigenvalue weighted by atomic mass is 16.5. The molecule has 2 aliphatic heterocycles. The third-order valence-electron chi connectivity index (χ3n) is 5.11. The summed E-state index contributed by atoms with van der Waals surface area (Å²) in [5, 5.41) is 0. The van der Waals surface area contributed by atoms with E-state index >= 15 is 0 Å². The van der Waals surface area contributed by atoms with Crippen LogP contribution < -0.4 is 0 Å². The van der Waals surface area contributed by atoms with Crippen LogP contribution in [0.5, 0.6) is 0 Å². The maximum atomic E-state index is 12.7. The van der Waals surface area contributed by atoms with Crippen LogP contribution in [0.2, 0.25) is 0 Å². The number of carbonyl (C=O) groups is 1. The summed E-state index contributed by atoms with van der Waals surface area (Å²) in [5.41, 5.74) is 1.05. The van der Waals surface area contributed by atoms with E-state index in [4.69, 9.17) is 4.74 Å². The zero-order chi connectivity index (χ0) is 17.0. The molecule has 0 aliphatic carbocycles. The van der Waals surface area contributed by atoms with Gasteiger partial charge in [-0.25, -0.2) is 0 Å². The molecule has 2 fully saturated rings. The van der Waals surface area contributed by atoms with Gasteiger partial charge < -0.3 is 14.5 Å². The van der Waals surface area contributed by atoms with Crippen LogP contribution >= 0.6 is 0 Å². The molecule has 0 radical (unpaired) electrons. The van der Waals surface area contributed by atoms with Gasteiger partial charge in [0.05, 0.1) is 18.8 Å². The first-order chi connectivity index (χ1) is 11.6. The van der Waals surface area contributed by atoms with E-state index in [1.54, 1.807) is 12.4 Å². The van der Waals surface area contributed by atoms with Crippen molar-refractivity contribution in [2.45, 2.75) is 25.0 Å². The number of likely N-dealkylation sites (N-methyl/N-ethyl adjacent to an activating group) is 1. The fourth-order valence-corrected chi connectivity index (χ4v) is 3.57. The molecule has 2 aliphatic rings. The van der Waals surface area contributed by atoms with Gasteiger partial charge in [0.2, 0.25) is 5.91 Å². The second-order valence-corrected chi connectivity index (χ2v) is 7.18. The summed E-state index contributed by atoms with van der Waals surface area (Å²) < 4.78 is 6.09. The average molecular weight is 332 g/mol. The van der Waals surface area contributed by atoms with Crippen LogP contribution in [-0.4, -0.2) is 84.6 Å². The summed E-state index contributed by atoms with van der Waals surface area (Å²) in [6, 6.07) is 3.98. The zero-order valence-electron chi connectivity index (χ0n) is 14.8. The van der Waals surface area contributed by atoms with Crippen molar-refractivity contribution in [3.8, 4) is 0 Å². The fourth-order valence-electron chi connectivity index (χ4n) is 3.57. The van der Waals surface area contributed by atoms with Crippen LogP contribution in [0.15, 0.2) is 24.5 Å². The van der Waals surface area contributed by atoms with Gasteiger partial charge in [-0.05, 0) is 44.6 Å². The number of pyridine rings is 1. The molecule has 1 amide bonds. The molecule has 6 nitrogen and oxygen atoms in total. The van der Waals surface area contributed by atoms with Crippen LogP contribution in [0.4, 0.5) is 0 Å². The highest BCUT2D eigenvalue weighted by Crippen LogP contribution is 2.29. The van der Waals surface area contributed by atoms with E-state index in [1.807, 2.05) is 24.1 Å². The number of amides is 1. The van der Waals surface area contributed by atoms with Gasteiger partial charge in [0.1, 0.15) is 0 Å². The van der Waals surface area contributed by atoms with E-state index in [1.165, 1.54) is 5.56 Å². The number of ether oxygens (including phenoxy) is 1. The Hall–Kier alpha value is -1.50. The Bertz CT molecular complexity index is 543. The third-order valence-corrected chi connectivity index (χ3v) is 5.11. The molecule has 0 bridgehead atoms. The molecule has 24 heavy (non-hydrogen) atoms. The smallest absolute Gasteiger partial charge is 0.236 e. The maximum absolute atomic E-state index is 12.7. The van der Waals surface area contributed by atoms with Gasteiger partial charge in [0, 0.05) is 45.1 Å². The van der Waals surface area contributed by atoms with E-state index < -0.39 is 0 Å². The Morgan fingerprint density at radius 1 is 1.29 bits per heavy atom. The monoisotopic (exact) mass is 332 g/mol. The number of hydrogen-bond donors (Lipinski definition) is 0. The minimum absolute atomic E-state index is 0.121. The number of likely N-dealkylation sites (tertiary alicyclic amines) is 1. The number of hydrogen-bond acceptors (Lipinski definition) is 5. The molecular formula is C18H28N4O2. The van der Waals surface area contributed by atoms with Crippen LogP contribution in [0.25, 0.3) is 0 Å². The maximum Gasteiger partial charge on any atom is 0.236 e. The molecule has 0 atom stereocenters. The Labute approximate surface area is 144 Å². The van der Waals surface area contributed by atoms with Crippen molar-refractivity contribution in [3.63, 3.8) is 0 Å². The van der Waals surface area contributed by atoms with Gasteiger partial charge in [-0.2, -0.15) is 0 Å². The average Bonchev–Trinajstić information content (AvgIpc) is 2.59. The molecule has 0 unspecified atom stereocenters. The lowest BCUT2D eigenvalue weighted by Crippen LogP contribution is -2.58. The third kappa shape index (κ3) is 4.32. The van der Waals surface area contributed by atoms with Gasteiger partial charge >= 0.3 is 0 Å². The van der Waals surface area contributed by atoms with Crippen molar-refractivity contribution in [1.82, 2.24) is 19.7 Å². The van der Waals surface area contributed by atoms with Gasteiger partial charge in [-0.15, -0.1) is 0 Å². The molecule has 0 aromatic carbocycles. The lowest BCUT2D eigenvalue weighted by atomic mass is 9.89. The number of nitrogens with zero attached hydrogens (tertiary/aromatic N) is 4. The van der Waals surface area contributed by atoms with Crippen molar-refractivity contribution in [2.75, 3.05) is 53.4 Å². The SMILES string of the molecule is CN1CCC2(CC1)CN(C(=O)CN(C)Cc1ccncc1)CCO2. The number of piperidine rings is 1. The van der Waals surface area contributed by atoms with E-state index in [-0.39, 0.29) is 11.5 Å². The molecule has 2 saturated heterocycles. The molecule has 132 valence electrons. The molecule has 1 aromatic rings. The first-order valence-electron chi connectivity index (χ1n) is 8.74. The Morgan fingerprint density at radius 2 is 2.00 bits per heavy atom. The summed E-state index contributed by atoms with van der Waals surface area (Å²) >= 11 is 0. The normalized spacial score (nSPS) is 21.4. The minimum atomic E-state index is -0.121. The summed E-state index contributed by atoms with van der Waals surface area (Å²) in [5.74, 6) is 0.202. The number of morpholine rings is 1. The van der Waals surface area contributed by atoms with Crippen LogP contribution in [0.3, 0.4) is 0 Å². The Balaban J connectivity index is 1.52. The van der Waals surface area contributed by atoms with E-state index in [9.17, 15) is 4.79 Å². The molecule has 0 saturated carbocycles. The summed E-state index contributed by atoms with van der Waals surface area (Å²) in [4.78, 5) is 23.1. The molecule has 0 N–H and O–H groups in total. The predicted molar refractivity (Wildman–Crippen MR) is 92.6 cm³/mol. The van der Waals surface area contributed by atoms with Gasteiger partial charge in [-0.3, -0.25) is 14.7 Å². The molecule has 3 rings (SSSR count).